The molecule has 162 valence electrons. The van der Waals surface area contributed by atoms with E-state index in [9.17, 15) is 0 Å². The monoisotopic (exact) mass is 513 g/mol. The molecule has 1 aromatic rings. The van der Waals surface area contributed by atoms with Gasteiger partial charge in [-0.05, 0) is 44.5 Å². The topological polar surface area (TPSA) is 43.3 Å². The van der Waals surface area contributed by atoms with Crippen molar-refractivity contribution in [1.29, 1.82) is 0 Å². The minimum absolute atomic E-state index is 0. The molecule has 3 heterocycles. The quantitative estimate of drug-likeness (QED) is 0.274. The van der Waals surface area contributed by atoms with Crippen LogP contribution in [0.25, 0.3) is 0 Å². The summed E-state index contributed by atoms with van der Waals surface area (Å²) in [5.74, 6) is 1.03. The van der Waals surface area contributed by atoms with Gasteiger partial charge in [-0.2, -0.15) is 0 Å². The molecule has 7 heteroatoms. The minimum Gasteiger partial charge on any atom is -0.373 e. The molecule has 2 unspecified atom stereocenters. The van der Waals surface area contributed by atoms with Crippen molar-refractivity contribution < 1.29 is 4.74 Å². The Morgan fingerprint density at radius 3 is 2.69 bits per heavy atom. The summed E-state index contributed by atoms with van der Waals surface area (Å²) >= 11 is 0. The number of hydrogen-bond donors (Lipinski definition) is 1. The Bertz CT molecular complexity index is 637. The van der Waals surface area contributed by atoms with Crippen molar-refractivity contribution in [2.45, 2.75) is 38.0 Å². The first-order valence-electron chi connectivity index (χ1n) is 10.9. The highest BCUT2D eigenvalue weighted by Crippen LogP contribution is 2.24. The van der Waals surface area contributed by atoms with Crippen molar-refractivity contribution in [3.8, 4) is 0 Å². The van der Waals surface area contributed by atoms with Gasteiger partial charge in [-0.1, -0.05) is 30.3 Å². The van der Waals surface area contributed by atoms with Crippen molar-refractivity contribution in [2.24, 2.45) is 4.99 Å². The molecule has 0 radical (unpaired) electrons. The molecule has 0 spiro atoms. The predicted octanol–water partition coefficient (Wildman–Crippen LogP) is 2.25. The molecule has 4 rings (SSSR count). The summed E-state index contributed by atoms with van der Waals surface area (Å²) in [5, 5.41) is 3.58. The van der Waals surface area contributed by atoms with E-state index in [1.807, 2.05) is 7.05 Å². The van der Waals surface area contributed by atoms with Gasteiger partial charge in [-0.3, -0.25) is 9.89 Å². The molecule has 0 bridgehead atoms. The third-order valence-electron chi connectivity index (χ3n) is 6.29. The van der Waals surface area contributed by atoms with Crippen LogP contribution in [0.4, 0.5) is 0 Å². The van der Waals surface area contributed by atoms with Crippen LogP contribution in [0.1, 0.15) is 24.8 Å². The van der Waals surface area contributed by atoms with E-state index >= 15 is 0 Å². The van der Waals surface area contributed by atoms with Gasteiger partial charge >= 0.3 is 0 Å². The van der Waals surface area contributed by atoms with Crippen LogP contribution in [0.2, 0.25) is 0 Å². The van der Waals surface area contributed by atoms with Gasteiger partial charge in [-0.15, -0.1) is 24.0 Å². The highest BCUT2D eigenvalue weighted by Gasteiger charge is 2.41. The fourth-order valence-corrected chi connectivity index (χ4v) is 4.79. The molecular formula is C22H36IN5O. The fourth-order valence-electron chi connectivity index (χ4n) is 4.79. The van der Waals surface area contributed by atoms with Gasteiger partial charge in [-0.25, -0.2) is 0 Å². The maximum Gasteiger partial charge on any atom is 0.193 e. The van der Waals surface area contributed by atoms with Crippen LogP contribution < -0.4 is 5.32 Å². The summed E-state index contributed by atoms with van der Waals surface area (Å²) in [6.45, 7) is 9.49. The summed E-state index contributed by atoms with van der Waals surface area (Å²) < 4.78 is 6.12. The first-order chi connectivity index (χ1) is 13.8. The number of fused-ring (bicyclic) bond motifs is 1. The maximum absolute atomic E-state index is 6.12. The lowest BCUT2D eigenvalue weighted by molar-refractivity contribution is -0.0502. The van der Waals surface area contributed by atoms with Gasteiger partial charge in [0.05, 0.1) is 18.8 Å². The van der Waals surface area contributed by atoms with Crippen LogP contribution in [0.15, 0.2) is 35.3 Å². The molecule has 0 amide bonds. The molecular weight excluding hydrogens is 477 g/mol. The number of likely N-dealkylation sites (tertiary alicyclic amines) is 2. The minimum atomic E-state index is 0. The number of morpholine rings is 1. The van der Waals surface area contributed by atoms with E-state index in [1.165, 1.54) is 44.5 Å². The van der Waals surface area contributed by atoms with Gasteiger partial charge in [0.25, 0.3) is 0 Å². The SMILES string of the molecule is CN=C(NCCCN1CCCC1)N1CC2OCCN(Cc3ccccc3)C2C1.I. The fraction of sp³-hybridized carbons (Fsp3) is 0.682. The number of rotatable bonds is 6. The molecule has 1 aromatic carbocycles. The number of aliphatic imine (C=N–C) groups is 1. The van der Waals surface area contributed by atoms with Gasteiger partial charge in [0.2, 0.25) is 0 Å². The molecule has 3 fully saturated rings. The van der Waals surface area contributed by atoms with E-state index in [0.717, 1.165) is 45.3 Å². The summed E-state index contributed by atoms with van der Waals surface area (Å²) in [7, 11) is 1.90. The number of nitrogens with one attached hydrogen (secondary N) is 1. The normalized spacial score (nSPS) is 25.7. The molecule has 2 atom stereocenters. The zero-order valence-corrected chi connectivity index (χ0v) is 20.0. The molecule has 0 aromatic heterocycles. The summed E-state index contributed by atoms with van der Waals surface area (Å²) in [4.78, 5) is 12.1. The summed E-state index contributed by atoms with van der Waals surface area (Å²) in [6.07, 6.45) is 4.19. The largest absolute Gasteiger partial charge is 0.373 e. The Balaban J connectivity index is 0.00000240. The standard InChI is InChI=1S/C22H35N5O.HI/c1-23-22(24-10-7-13-25-11-5-6-12-25)27-17-20-21(18-27)28-15-14-26(20)16-19-8-3-2-4-9-19;/h2-4,8-9,20-21H,5-7,10-18H2,1H3,(H,23,24);1H. The zero-order chi connectivity index (χ0) is 19.2. The third kappa shape index (κ3) is 6.06. The van der Waals surface area contributed by atoms with Crippen LogP contribution in [-0.4, -0.2) is 92.3 Å². The van der Waals surface area contributed by atoms with Gasteiger partial charge < -0.3 is 19.9 Å². The van der Waals surface area contributed by atoms with Crippen LogP contribution in [-0.2, 0) is 11.3 Å². The second kappa shape index (κ2) is 11.5. The average molecular weight is 513 g/mol. The molecule has 3 saturated heterocycles. The second-order valence-corrected chi connectivity index (χ2v) is 8.21. The van der Waals surface area contributed by atoms with E-state index in [2.05, 4.69) is 55.3 Å². The Hall–Kier alpha value is -0.900. The van der Waals surface area contributed by atoms with Crippen LogP contribution in [0, 0.1) is 0 Å². The number of ether oxygens (including phenoxy) is 1. The van der Waals surface area contributed by atoms with E-state index in [-0.39, 0.29) is 30.1 Å². The Labute approximate surface area is 192 Å². The molecule has 29 heavy (non-hydrogen) atoms. The smallest absolute Gasteiger partial charge is 0.193 e. The van der Waals surface area contributed by atoms with Gasteiger partial charge in [0, 0.05) is 39.8 Å². The Morgan fingerprint density at radius 2 is 1.93 bits per heavy atom. The van der Waals surface area contributed by atoms with Gasteiger partial charge in [0.15, 0.2) is 5.96 Å². The first-order valence-corrected chi connectivity index (χ1v) is 10.9. The molecule has 3 aliphatic heterocycles. The van der Waals surface area contributed by atoms with Crippen molar-refractivity contribution in [1.82, 2.24) is 20.0 Å². The number of nitrogens with zero attached hydrogens (tertiary/aromatic N) is 4. The molecule has 0 saturated carbocycles. The number of benzene rings is 1. The summed E-state index contributed by atoms with van der Waals surface area (Å²) in [6, 6.07) is 11.2. The van der Waals surface area contributed by atoms with E-state index in [4.69, 9.17) is 4.74 Å². The lowest BCUT2D eigenvalue weighted by Crippen LogP contribution is -2.50. The molecule has 1 N–H and O–H groups in total. The van der Waals surface area contributed by atoms with Crippen LogP contribution >= 0.6 is 24.0 Å². The third-order valence-corrected chi connectivity index (χ3v) is 6.29. The Morgan fingerprint density at radius 1 is 1.14 bits per heavy atom. The lowest BCUT2D eigenvalue weighted by atomic mass is 10.1. The zero-order valence-electron chi connectivity index (χ0n) is 17.6. The van der Waals surface area contributed by atoms with E-state index in [1.54, 1.807) is 0 Å². The van der Waals surface area contributed by atoms with E-state index < -0.39 is 0 Å². The first kappa shape index (κ1) is 22.8. The van der Waals surface area contributed by atoms with Crippen molar-refractivity contribution in [3.05, 3.63) is 35.9 Å². The molecule has 3 aliphatic rings. The molecule has 0 aliphatic carbocycles. The summed E-state index contributed by atoms with van der Waals surface area (Å²) in [5.41, 5.74) is 1.38. The maximum atomic E-state index is 6.12. The molecule has 6 nitrogen and oxygen atoms in total. The number of hydrogen-bond acceptors (Lipinski definition) is 4. The van der Waals surface area contributed by atoms with Crippen molar-refractivity contribution in [2.75, 3.05) is 59.5 Å². The Kier molecular flexibility index (Phi) is 9.02. The number of guanidine groups is 1. The lowest BCUT2D eigenvalue weighted by Gasteiger charge is -2.36. The van der Waals surface area contributed by atoms with Crippen LogP contribution in [0.5, 0.6) is 0 Å². The van der Waals surface area contributed by atoms with E-state index in [0.29, 0.717) is 6.04 Å². The van der Waals surface area contributed by atoms with Crippen LogP contribution in [0.3, 0.4) is 0 Å². The van der Waals surface area contributed by atoms with Crippen molar-refractivity contribution >= 4 is 29.9 Å². The highest BCUT2D eigenvalue weighted by atomic mass is 127. The number of halogens is 1. The van der Waals surface area contributed by atoms with Crippen molar-refractivity contribution in [3.63, 3.8) is 0 Å². The predicted molar refractivity (Wildman–Crippen MR) is 129 cm³/mol. The second-order valence-electron chi connectivity index (χ2n) is 8.21. The highest BCUT2D eigenvalue weighted by molar-refractivity contribution is 14.0. The van der Waals surface area contributed by atoms with Gasteiger partial charge in [0.1, 0.15) is 0 Å². The average Bonchev–Trinajstić information content (AvgIpc) is 3.39.